The van der Waals surface area contributed by atoms with Crippen molar-refractivity contribution < 1.29 is 4.74 Å². The van der Waals surface area contributed by atoms with Crippen LogP contribution in [0.3, 0.4) is 0 Å². The number of nitrogens with zero attached hydrogens (tertiary/aromatic N) is 1. The van der Waals surface area contributed by atoms with E-state index in [0.29, 0.717) is 12.5 Å². The Hall–Kier alpha value is -0.763. The van der Waals surface area contributed by atoms with Gasteiger partial charge in [0.05, 0.1) is 6.07 Å². The van der Waals surface area contributed by atoms with Crippen LogP contribution in [0, 0.1) is 11.3 Å². The van der Waals surface area contributed by atoms with Crippen molar-refractivity contribution in [2.75, 3.05) is 6.61 Å². The maximum atomic E-state index is 9.37. The standard InChI is InChI=1S/C22H35NOSSi/c1-16(2)26(17(3)4,18(5)6)25-21-10-8-19(9-11-21)20-12-13-24-22(7,14-20)15-23/h8-11,16-18,20H,12-14H2,1-7H3. The normalized spacial score (nSPS) is 24.3. The zero-order chi connectivity index (χ0) is 19.5. The predicted octanol–water partition coefficient (Wildman–Crippen LogP) is 7.13. The largest absolute Gasteiger partial charge is 0.360 e. The molecule has 0 bridgehead atoms. The Kier molecular flexibility index (Phi) is 7.04. The smallest absolute Gasteiger partial charge is 0.152 e. The molecule has 0 N–H and O–H groups in total. The highest BCUT2D eigenvalue weighted by molar-refractivity contribution is 8.29. The SMILES string of the molecule is CC(C)[Si](Sc1ccc(C2CCOC(C)(C#N)C2)cc1)(C(C)C)C(C)C. The molecule has 0 amide bonds. The van der Waals surface area contributed by atoms with E-state index in [1.165, 1.54) is 10.5 Å². The molecule has 0 aliphatic carbocycles. The summed E-state index contributed by atoms with van der Waals surface area (Å²) in [5.74, 6) is 0.426. The lowest BCUT2D eigenvalue weighted by Crippen LogP contribution is -2.40. The second-order valence-corrected chi connectivity index (χ2v) is 17.5. The molecule has 0 saturated carbocycles. The van der Waals surface area contributed by atoms with Crippen molar-refractivity contribution in [1.82, 2.24) is 0 Å². The highest BCUT2D eigenvalue weighted by atomic mass is 32.4. The molecular weight excluding hydrogens is 354 g/mol. The van der Waals surface area contributed by atoms with Crippen molar-refractivity contribution in [3.63, 3.8) is 0 Å². The highest BCUT2D eigenvalue weighted by Crippen LogP contribution is 2.52. The molecule has 2 rings (SSSR count). The third kappa shape index (κ3) is 4.38. The summed E-state index contributed by atoms with van der Waals surface area (Å²) in [6, 6.07) is 11.5. The number of hydrogen-bond acceptors (Lipinski definition) is 3. The maximum absolute atomic E-state index is 9.37. The average Bonchev–Trinajstić information content (AvgIpc) is 2.59. The first-order valence-corrected chi connectivity index (χ1v) is 13.8. The van der Waals surface area contributed by atoms with Crippen molar-refractivity contribution in [3.05, 3.63) is 29.8 Å². The summed E-state index contributed by atoms with van der Waals surface area (Å²) in [6.45, 7) is 17.1. The summed E-state index contributed by atoms with van der Waals surface area (Å²) in [4.78, 5) is 1.41. The minimum atomic E-state index is -1.50. The van der Waals surface area contributed by atoms with Gasteiger partial charge >= 0.3 is 0 Å². The summed E-state index contributed by atoms with van der Waals surface area (Å²) in [5, 5.41) is 9.37. The quantitative estimate of drug-likeness (QED) is 0.485. The Morgan fingerprint density at radius 2 is 1.62 bits per heavy atom. The van der Waals surface area contributed by atoms with Crippen LogP contribution in [-0.2, 0) is 4.74 Å². The first-order valence-electron chi connectivity index (χ1n) is 9.98. The Bertz CT molecular complexity index is 613. The van der Waals surface area contributed by atoms with Crippen LogP contribution < -0.4 is 0 Å². The molecule has 0 aromatic heterocycles. The minimum absolute atomic E-state index is 0.426. The molecule has 1 aliphatic rings. The van der Waals surface area contributed by atoms with Gasteiger partial charge in [-0.3, -0.25) is 0 Å². The van der Waals surface area contributed by atoms with E-state index in [4.69, 9.17) is 4.74 Å². The van der Waals surface area contributed by atoms with Crippen LogP contribution in [0.4, 0.5) is 0 Å². The van der Waals surface area contributed by atoms with E-state index >= 15 is 0 Å². The summed E-state index contributed by atoms with van der Waals surface area (Å²) in [5.41, 5.74) is 2.97. The minimum Gasteiger partial charge on any atom is -0.360 e. The number of rotatable bonds is 6. The second-order valence-electron chi connectivity index (χ2n) is 8.87. The molecule has 0 radical (unpaired) electrons. The van der Waals surface area contributed by atoms with Crippen molar-refractivity contribution in [3.8, 4) is 6.07 Å². The van der Waals surface area contributed by atoms with Crippen LogP contribution in [0.5, 0.6) is 0 Å². The molecule has 1 aliphatic heterocycles. The monoisotopic (exact) mass is 389 g/mol. The molecule has 2 atom stereocenters. The number of hydrogen-bond donors (Lipinski definition) is 0. The third-order valence-electron chi connectivity index (χ3n) is 6.11. The van der Waals surface area contributed by atoms with Crippen LogP contribution in [-0.4, -0.2) is 19.4 Å². The molecule has 144 valence electrons. The Morgan fingerprint density at radius 1 is 1.08 bits per heavy atom. The maximum Gasteiger partial charge on any atom is 0.152 e. The fraction of sp³-hybridized carbons (Fsp3) is 0.682. The lowest BCUT2D eigenvalue weighted by molar-refractivity contribution is -0.0327. The molecule has 1 aromatic carbocycles. The van der Waals surface area contributed by atoms with Gasteiger partial charge in [-0.05, 0) is 60.0 Å². The van der Waals surface area contributed by atoms with E-state index in [9.17, 15) is 5.26 Å². The molecule has 1 saturated heterocycles. The second kappa shape index (κ2) is 8.50. The van der Waals surface area contributed by atoms with Gasteiger partial charge in [0.1, 0.15) is 7.22 Å². The Balaban J connectivity index is 2.20. The lowest BCUT2D eigenvalue weighted by Gasteiger charge is -2.42. The summed E-state index contributed by atoms with van der Waals surface area (Å²) >= 11 is 2.18. The molecule has 0 spiro atoms. The van der Waals surface area contributed by atoms with Gasteiger partial charge in [-0.2, -0.15) is 16.5 Å². The van der Waals surface area contributed by atoms with Gasteiger partial charge in [0.15, 0.2) is 5.60 Å². The Labute approximate surface area is 165 Å². The van der Waals surface area contributed by atoms with Crippen molar-refractivity contribution >= 4 is 18.4 Å². The molecule has 2 nitrogen and oxygen atoms in total. The van der Waals surface area contributed by atoms with Crippen LogP contribution in [0.2, 0.25) is 16.6 Å². The van der Waals surface area contributed by atoms with Gasteiger partial charge < -0.3 is 4.74 Å². The van der Waals surface area contributed by atoms with E-state index in [-0.39, 0.29) is 0 Å². The molecule has 2 unspecified atom stereocenters. The van der Waals surface area contributed by atoms with Gasteiger partial charge in [-0.25, -0.2) is 0 Å². The van der Waals surface area contributed by atoms with Gasteiger partial charge in [0, 0.05) is 11.5 Å². The van der Waals surface area contributed by atoms with Crippen LogP contribution in [0.15, 0.2) is 29.2 Å². The summed E-state index contributed by atoms with van der Waals surface area (Å²) in [6.07, 6.45) is 1.80. The molecule has 4 heteroatoms. The molecular formula is C22H35NOSSi. The van der Waals surface area contributed by atoms with E-state index in [1.54, 1.807) is 0 Å². The first-order chi connectivity index (χ1) is 12.1. The number of ether oxygens (including phenoxy) is 1. The van der Waals surface area contributed by atoms with Crippen LogP contribution in [0.1, 0.15) is 72.8 Å². The predicted molar refractivity (Wildman–Crippen MR) is 115 cm³/mol. The average molecular weight is 390 g/mol. The lowest BCUT2D eigenvalue weighted by atomic mass is 9.83. The van der Waals surface area contributed by atoms with Crippen molar-refractivity contribution in [2.45, 2.75) is 94.3 Å². The number of nitriles is 1. The van der Waals surface area contributed by atoms with E-state index < -0.39 is 12.8 Å². The fourth-order valence-electron chi connectivity index (χ4n) is 4.79. The van der Waals surface area contributed by atoms with Gasteiger partial charge in [-0.1, -0.05) is 53.7 Å². The zero-order valence-corrected chi connectivity index (χ0v) is 19.3. The van der Waals surface area contributed by atoms with Crippen LogP contribution in [0.25, 0.3) is 0 Å². The van der Waals surface area contributed by atoms with Gasteiger partial charge in [0.2, 0.25) is 0 Å². The summed E-state index contributed by atoms with van der Waals surface area (Å²) < 4.78 is 5.68. The molecule has 1 aromatic rings. The summed E-state index contributed by atoms with van der Waals surface area (Å²) in [7, 11) is -1.50. The Morgan fingerprint density at radius 3 is 2.08 bits per heavy atom. The highest BCUT2D eigenvalue weighted by Gasteiger charge is 2.44. The van der Waals surface area contributed by atoms with E-state index in [0.717, 1.165) is 29.5 Å². The molecule has 26 heavy (non-hydrogen) atoms. The fourth-order valence-corrected chi connectivity index (χ4v) is 13.9. The number of benzene rings is 1. The third-order valence-corrected chi connectivity index (χ3v) is 18.4. The van der Waals surface area contributed by atoms with Crippen molar-refractivity contribution in [2.24, 2.45) is 0 Å². The zero-order valence-electron chi connectivity index (χ0n) is 17.5. The molecule has 1 fully saturated rings. The van der Waals surface area contributed by atoms with E-state index in [1.807, 2.05) is 6.92 Å². The molecule has 1 heterocycles. The first kappa shape index (κ1) is 21.5. The topological polar surface area (TPSA) is 33.0 Å². The van der Waals surface area contributed by atoms with Gasteiger partial charge in [0.25, 0.3) is 0 Å². The van der Waals surface area contributed by atoms with Gasteiger partial charge in [-0.15, -0.1) is 0 Å². The van der Waals surface area contributed by atoms with Crippen LogP contribution >= 0.6 is 11.2 Å². The van der Waals surface area contributed by atoms with Crippen molar-refractivity contribution in [1.29, 1.82) is 5.26 Å². The van der Waals surface area contributed by atoms with E-state index in [2.05, 4.69) is 83.1 Å².